The molecule has 0 spiro atoms. The number of allylic oxidation sites excluding steroid dienone is 5. The van der Waals surface area contributed by atoms with Gasteiger partial charge in [0.25, 0.3) is 0 Å². The Morgan fingerprint density at radius 1 is 0.630 bits per heavy atom. The van der Waals surface area contributed by atoms with Crippen LogP contribution in [-0.2, 0) is 6.42 Å². The molecule has 0 saturated heterocycles. The van der Waals surface area contributed by atoms with E-state index >= 15 is 0 Å². The molecular weight excluding hydrogens is 659 g/mol. The van der Waals surface area contributed by atoms with Crippen molar-refractivity contribution in [1.29, 1.82) is 0 Å². The number of aromatic nitrogens is 5. The van der Waals surface area contributed by atoms with Gasteiger partial charge in [-0.05, 0) is 114 Å². The average molecular weight is 696 g/mol. The number of hydrogen-bond donors (Lipinski definition) is 0. The van der Waals surface area contributed by atoms with Crippen molar-refractivity contribution in [2.75, 3.05) is 0 Å². The molecule has 0 radical (unpaired) electrons. The molecule has 258 valence electrons. The van der Waals surface area contributed by atoms with Crippen LogP contribution in [-0.4, -0.2) is 24.5 Å². The Labute approximate surface area is 314 Å². The van der Waals surface area contributed by atoms with Gasteiger partial charge in [0, 0.05) is 34.4 Å². The first-order valence-corrected chi connectivity index (χ1v) is 18.8. The molecule has 1 atom stereocenters. The second-order valence-corrected chi connectivity index (χ2v) is 14.2. The summed E-state index contributed by atoms with van der Waals surface area (Å²) >= 11 is 0. The molecule has 5 heteroatoms. The first kappa shape index (κ1) is 32.0. The summed E-state index contributed by atoms with van der Waals surface area (Å²) in [6.45, 7) is 2.32. The van der Waals surface area contributed by atoms with Crippen LogP contribution < -0.4 is 0 Å². The van der Waals surface area contributed by atoms with Crippen LogP contribution in [0.15, 0.2) is 158 Å². The third-order valence-electron chi connectivity index (χ3n) is 10.8. The van der Waals surface area contributed by atoms with Crippen LogP contribution in [0.5, 0.6) is 0 Å². The third-order valence-corrected chi connectivity index (χ3v) is 10.8. The second-order valence-electron chi connectivity index (χ2n) is 14.2. The molecule has 1 unspecified atom stereocenters. The van der Waals surface area contributed by atoms with Gasteiger partial charge in [0.1, 0.15) is 0 Å². The maximum Gasteiger partial charge on any atom is 0.0900 e. The monoisotopic (exact) mass is 695 g/mol. The van der Waals surface area contributed by atoms with E-state index in [2.05, 4.69) is 137 Å². The number of fused-ring (bicyclic) bond motifs is 5. The zero-order valence-corrected chi connectivity index (χ0v) is 30.0. The van der Waals surface area contributed by atoms with Crippen LogP contribution in [0, 0.1) is 5.92 Å². The lowest BCUT2D eigenvalue weighted by molar-refractivity contribution is 0.755. The maximum absolute atomic E-state index is 5.38. The van der Waals surface area contributed by atoms with Crippen molar-refractivity contribution in [3.05, 3.63) is 175 Å². The number of para-hydroxylation sites is 1. The van der Waals surface area contributed by atoms with Gasteiger partial charge in [0.15, 0.2) is 0 Å². The highest BCUT2D eigenvalue weighted by Crippen LogP contribution is 2.43. The highest BCUT2D eigenvalue weighted by molar-refractivity contribution is 6.15. The number of nitrogens with zero attached hydrogens (tertiary/aromatic N) is 5. The summed E-state index contributed by atoms with van der Waals surface area (Å²) in [5.41, 5.74) is 16.3. The molecule has 0 fully saturated rings. The van der Waals surface area contributed by atoms with Gasteiger partial charge in [0.05, 0.1) is 45.2 Å². The molecule has 3 aromatic carbocycles. The Hall–Kier alpha value is -6.72. The lowest BCUT2D eigenvalue weighted by atomic mass is 9.87. The van der Waals surface area contributed by atoms with E-state index in [1.807, 2.05) is 36.4 Å². The van der Waals surface area contributed by atoms with Crippen molar-refractivity contribution >= 4 is 33.5 Å². The predicted molar refractivity (Wildman–Crippen MR) is 222 cm³/mol. The zero-order chi connectivity index (χ0) is 36.0. The van der Waals surface area contributed by atoms with Crippen molar-refractivity contribution in [2.24, 2.45) is 5.92 Å². The van der Waals surface area contributed by atoms with Crippen LogP contribution in [0.4, 0.5) is 0 Å². The first-order chi connectivity index (χ1) is 26.7. The zero-order valence-electron chi connectivity index (χ0n) is 30.0. The van der Waals surface area contributed by atoms with Gasteiger partial charge < -0.3 is 4.57 Å². The van der Waals surface area contributed by atoms with Crippen molar-refractivity contribution in [2.45, 2.75) is 26.2 Å². The van der Waals surface area contributed by atoms with Crippen molar-refractivity contribution in [1.82, 2.24) is 24.5 Å². The molecule has 5 nitrogen and oxygen atoms in total. The molecule has 10 rings (SSSR count). The quantitative estimate of drug-likeness (QED) is 0.174. The van der Waals surface area contributed by atoms with Gasteiger partial charge in [-0.3, -0.25) is 9.97 Å². The Morgan fingerprint density at radius 3 is 1.94 bits per heavy atom. The van der Waals surface area contributed by atoms with E-state index < -0.39 is 0 Å². The lowest BCUT2D eigenvalue weighted by Gasteiger charge is -2.21. The summed E-state index contributed by atoms with van der Waals surface area (Å²) in [5.74, 6) is 0.411. The van der Waals surface area contributed by atoms with E-state index in [1.165, 1.54) is 38.5 Å². The van der Waals surface area contributed by atoms with Gasteiger partial charge in [-0.2, -0.15) is 0 Å². The molecule has 0 saturated carbocycles. The summed E-state index contributed by atoms with van der Waals surface area (Å²) in [5, 5.41) is 2.52. The summed E-state index contributed by atoms with van der Waals surface area (Å²) in [6, 6.07) is 42.7. The van der Waals surface area contributed by atoms with Crippen LogP contribution in [0.2, 0.25) is 0 Å². The van der Waals surface area contributed by atoms with Gasteiger partial charge in [0.2, 0.25) is 0 Å². The van der Waals surface area contributed by atoms with E-state index in [1.54, 1.807) is 12.4 Å². The minimum absolute atomic E-state index is 0.411. The molecule has 8 aromatic rings. The van der Waals surface area contributed by atoms with Crippen molar-refractivity contribution < 1.29 is 0 Å². The molecule has 0 amide bonds. The third kappa shape index (κ3) is 5.57. The van der Waals surface area contributed by atoms with Crippen LogP contribution in [0.1, 0.15) is 36.7 Å². The average Bonchev–Trinajstić information content (AvgIpc) is 3.60. The summed E-state index contributed by atoms with van der Waals surface area (Å²) in [6.07, 6.45) is 17.9. The Balaban J connectivity index is 1.05. The molecule has 5 aromatic heterocycles. The number of rotatable bonds is 6. The van der Waals surface area contributed by atoms with E-state index in [0.717, 1.165) is 75.8 Å². The minimum atomic E-state index is 0.411. The highest BCUT2D eigenvalue weighted by atomic mass is 15.0. The first-order valence-electron chi connectivity index (χ1n) is 18.8. The summed E-state index contributed by atoms with van der Waals surface area (Å²) in [4.78, 5) is 19.5. The molecular formula is C49H37N5. The number of benzene rings is 3. The number of pyridine rings is 4. The largest absolute Gasteiger partial charge is 0.309 e. The Morgan fingerprint density at radius 2 is 1.28 bits per heavy atom. The van der Waals surface area contributed by atoms with Gasteiger partial charge in [-0.25, -0.2) is 9.97 Å². The van der Waals surface area contributed by atoms with Crippen molar-refractivity contribution in [3.63, 3.8) is 0 Å². The molecule has 0 N–H and O–H groups in total. The standard InChI is InChI=1S/C49H37N5/c1-32-12-2-3-13-38(32)48-47-40-15-5-7-19-46(40)54(49(47)39-14-4-6-16-41(39)53-48)37-26-24-34(25-27-37)33-20-22-35(23-21-33)36-30-44(42-17-8-10-28-50-42)52-45(31-36)43-18-9-11-29-51-43/h2-3,5-11,13,15-32H,4,12,14H2,1H3. The number of aryl methyl sites for hydroxylation is 1. The minimum Gasteiger partial charge on any atom is -0.309 e. The van der Waals surface area contributed by atoms with Gasteiger partial charge in [-0.15, -0.1) is 0 Å². The Bertz CT molecular complexity index is 2720. The maximum atomic E-state index is 5.38. The van der Waals surface area contributed by atoms with Gasteiger partial charge in [-0.1, -0.05) is 98.0 Å². The van der Waals surface area contributed by atoms with Crippen LogP contribution in [0.25, 0.3) is 84.2 Å². The SMILES string of the molecule is CC1CC=CC=C1c1nc2c(c3c1c1ccccc1n3-c1ccc(-c3ccc(-c4cc(-c5ccccn5)nc(-c5ccccn5)c4)cc3)cc1)CCC=C2. The van der Waals surface area contributed by atoms with Crippen molar-refractivity contribution in [3.8, 4) is 50.7 Å². The Kier molecular flexibility index (Phi) is 7.91. The summed E-state index contributed by atoms with van der Waals surface area (Å²) in [7, 11) is 0. The number of hydrogen-bond acceptors (Lipinski definition) is 4. The molecule has 54 heavy (non-hydrogen) atoms. The lowest BCUT2D eigenvalue weighted by Crippen LogP contribution is -2.08. The van der Waals surface area contributed by atoms with Crippen LogP contribution in [0.3, 0.4) is 0 Å². The fourth-order valence-electron chi connectivity index (χ4n) is 8.12. The summed E-state index contributed by atoms with van der Waals surface area (Å²) < 4.78 is 2.48. The van der Waals surface area contributed by atoms with Gasteiger partial charge >= 0.3 is 0 Å². The molecule has 2 aliphatic carbocycles. The molecule has 2 aliphatic rings. The molecule has 5 heterocycles. The normalized spacial score (nSPS) is 15.1. The smallest absolute Gasteiger partial charge is 0.0900 e. The fourth-order valence-corrected chi connectivity index (χ4v) is 8.12. The van der Waals surface area contributed by atoms with Crippen LogP contribution >= 0.6 is 0 Å². The highest BCUT2D eigenvalue weighted by Gasteiger charge is 2.26. The van der Waals surface area contributed by atoms with E-state index in [9.17, 15) is 0 Å². The molecule has 0 aliphatic heterocycles. The van der Waals surface area contributed by atoms with E-state index in [4.69, 9.17) is 9.97 Å². The van der Waals surface area contributed by atoms with E-state index in [-0.39, 0.29) is 0 Å². The molecule has 0 bridgehead atoms. The topological polar surface area (TPSA) is 56.5 Å². The fraction of sp³-hybridized carbons (Fsp3) is 0.102. The van der Waals surface area contributed by atoms with E-state index in [0.29, 0.717) is 5.92 Å². The second kappa shape index (κ2) is 13.4. The predicted octanol–water partition coefficient (Wildman–Crippen LogP) is 12.0.